The van der Waals surface area contributed by atoms with Crippen LogP contribution in [0.25, 0.3) is 0 Å². The highest BCUT2D eigenvalue weighted by molar-refractivity contribution is 6.31. The van der Waals surface area contributed by atoms with Crippen molar-refractivity contribution in [3.63, 3.8) is 0 Å². The normalized spacial score (nSPS) is 17.3. The van der Waals surface area contributed by atoms with Crippen LogP contribution in [0.2, 0.25) is 5.02 Å². The topological polar surface area (TPSA) is 49.4 Å². The molecule has 1 saturated heterocycles. The molecule has 0 aliphatic carbocycles. The molecule has 0 aromatic heterocycles. The first-order chi connectivity index (χ1) is 12.7. The molecule has 0 bridgehead atoms. The second kappa shape index (κ2) is 7.23. The third-order valence-corrected chi connectivity index (χ3v) is 4.77. The molecule has 0 unspecified atom stereocenters. The summed E-state index contributed by atoms with van der Waals surface area (Å²) < 4.78 is 38.8. The van der Waals surface area contributed by atoms with E-state index in [-0.39, 0.29) is 24.6 Å². The highest BCUT2D eigenvalue weighted by atomic mass is 35.5. The fourth-order valence-corrected chi connectivity index (χ4v) is 3.27. The van der Waals surface area contributed by atoms with Crippen LogP contribution in [0, 0.1) is 12.8 Å². The summed E-state index contributed by atoms with van der Waals surface area (Å²) in [7, 11) is 0. The molecule has 8 heteroatoms. The van der Waals surface area contributed by atoms with Crippen LogP contribution in [0.4, 0.5) is 24.5 Å². The lowest BCUT2D eigenvalue weighted by Crippen LogP contribution is -2.28. The lowest BCUT2D eigenvalue weighted by atomic mass is 10.1. The van der Waals surface area contributed by atoms with E-state index in [2.05, 4.69) is 5.32 Å². The smallest absolute Gasteiger partial charge is 0.326 e. The van der Waals surface area contributed by atoms with Crippen molar-refractivity contribution in [2.75, 3.05) is 16.8 Å². The first-order valence-corrected chi connectivity index (χ1v) is 8.58. The zero-order chi connectivity index (χ0) is 19.8. The summed E-state index contributed by atoms with van der Waals surface area (Å²) in [4.78, 5) is 26.3. The largest absolute Gasteiger partial charge is 0.417 e. The van der Waals surface area contributed by atoms with Gasteiger partial charge in [0.15, 0.2) is 0 Å². The molecule has 2 aromatic carbocycles. The minimum Gasteiger partial charge on any atom is -0.326 e. The number of amides is 2. The summed E-state index contributed by atoms with van der Waals surface area (Å²) in [6, 6.07) is 10.5. The van der Waals surface area contributed by atoms with Crippen molar-refractivity contribution in [2.24, 2.45) is 5.92 Å². The molecule has 1 fully saturated rings. The summed E-state index contributed by atoms with van der Waals surface area (Å²) in [5.74, 6) is -1.35. The van der Waals surface area contributed by atoms with Crippen LogP contribution in [0.3, 0.4) is 0 Å². The number of nitrogens with one attached hydrogen (secondary N) is 1. The minimum atomic E-state index is -4.62. The Morgan fingerprint density at radius 2 is 1.93 bits per heavy atom. The fourth-order valence-electron chi connectivity index (χ4n) is 3.05. The molecule has 27 heavy (non-hydrogen) atoms. The summed E-state index contributed by atoms with van der Waals surface area (Å²) in [5.41, 5.74) is 0.590. The molecule has 1 aliphatic rings. The van der Waals surface area contributed by atoms with E-state index >= 15 is 0 Å². The van der Waals surface area contributed by atoms with Gasteiger partial charge in [0.25, 0.3) is 0 Å². The Morgan fingerprint density at radius 3 is 2.59 bits per heavy atom. The van der Waals surface area contributed by atoms with Gasteiger partial charge in [0.1, 0.15) is 0 Å². The summed E-state index contributed by atoms with van der Waals surface area (Å²) in [5, 5.41) is 2.01. The quantitative estimate of drug-likeness (QED) is 0.820. The van der Waals surface area contributed by atoms with Crippen molar-refractivity contribution < 1.29 is 22.8 Å². The molecule has 0 saturated carbocycles. The van der Waals surface area contributed by atoms with Gasteiger partial charge in [0.2, 0.25) is 11.8 Å². The molecule has 1 aliphatic heterocycles. The number of hydrogen-bond donors (Lipinski definition) is 1. The Kier molecular flexibility index (Phi) is 5.15. The molecule has 2 amide bonds. The van der Waals surface area contributed by atoms with Crippen molar-refractivity contribution in [2.45, 2.75) is 19.5 Å². The number of benzene rings is 2. The van der Waals surface area contributed by atoms with E-state index in [1.54, 1.807) is 12.1 Å². The summed E-state index contributed by atoms with van der Waals surface area (Å²) >= 11 is 5.58. The number of hydrogen-bond acceptors (Lipinski definition) is 2. The number of nitrogens with zero attached hydrogens (tertiary/aromatic N) is 1. The Labute approximate surface area is 158 Å². The lowest BCUT2D eigenvalue weighted by molar-refractivity contribution is -0.137. The van der Waals surface area contributed by atoms with Crippen LogP contribution in [-0.2, 0) is 15.8 Å². The van der Waals surface area contributed by atoms with Crippen LogP contribution in [0.15, 0.2) is 42.5 Å². The number of halogens is 4. The second-order valence-electron chi connectivity index (χ2n) is 6.37. The lowest BCUT2D eigenvalue weighted by Gasteiger charge is -2.19. The third-order valence-electron chi connectivity index (χ3n) is 4.44. The zero-order valence-electron chi connectivity index (χ0n) is 14.3. The van der Waals surface area contributed by atoms with Crippen molar-refractivity contribution in [3.8, 4) is 0 Å². The Balaban J connectivity index is 1.75. The molecule has 1 heterocycles. The van der Waals surface area contributed by atoms with Gasteiger partial charge in [0.05, 0.1) is 16.5 Å². The van der Waals surface area contributed by atoms with Gasteiger partial charge in [-0.05, 0) is 36.8 Å². The molecule has 2 aromatic rings. The number of carbonyl (C=O) groups is 2. The van der Waals surface area contributed by atoms with Gasteiger partial charge in [-0.15, -0.1) is 0 Å². The molecule has 1 N–H and O–H groups in total. The van der Waals surface area contributed by atoms with Gasteiger partial charge in [0, 0.05) is 24.3 Å². The monoisotopic (exact) mass is 396 g/mol. The highest BCUT2D eigenvalue weighted by Crippen LogP contribution is 2.36. The van der Waals surface area contributed by atoms with E-state index in [1.165, 1.54) is 11.0 Å². The first-order valence-electron chi connectivity index (χ1n) is 8.20. The van der Waals surface area contributed by atoms with Gasteiger partial charge in [-0.2, -0.15) is 13.2 Å². The van der Waals surface area contributed by atoms with Gasteiger partial charge in [-0.25, -0.2) is 0 Å². The average Bonchev–Trinajstić information content (AvgIpc) is 2.98. The van der Waals surface area contributed by atoms with Crippen LogP contribution >= 0.6 is 11.6 Å². The number of aryl methyl sites for hydroxylation is 1. The number of rotatable bonds is 3. The third kappa shape index (κ3) is 4.08. The van der Waals surface area contributed by atoms with Crippen LogP contribution < -0.4 is 10.2 Å². The average molecular weight is 397 g/mol. The Morgan fingerprint density at radius 1 is 1.22 bits per heavy atom. The van der Waals surface area contributed by atoms with Gasteiger partial charge >= 0.3 is 6.18 Å². The van der Waals surface area contributed by atoms with E-state index in [9.17, 15) is 22.8 Å². The first kappa shape index (κ1) is 19.2. The van der Waals surface area contributed by atoms with E-state index in [0.717, 1.165) is 23.4 Å². The standard InChI is InChI=1S/C19H16ClF3N2O2/c1-11-4-2-3-5-16(11)25-10-12(8-17(25)26)18(27)24-13-6-7-15(20)14(9-13)19(21,22)23/h2-7,9,12H,8,10H2,1H3,(H,24,27)/t12-/m0/s1. The van der Waals surface area contributed by atoms with Crippen molar-refractivity contribution >= 4 is 34.8 Å². The van der Waals surface area contributed by atoms with E-state index < -0.39 is 28.6 Å². The number of alkyl halides is 3. The van der Waals surface area contributed by atoms with Gasteiger partial charge in [-0.1, -0.05) is 29.8 Å². The summed E-state index contributed by atoms with van der Waals surface area (Å²) in [6.07, 6.45) is -4.62. The Bertz CT molecular complexity index is 899. The van der Waals surface area contributed by atoms with Crippen molar-refractivity contribution in [1.29, 1.82) is 0 Å². The molecule has 0 radical (unpaired) electrons. The maximum Gasteiger partial charge on any atom is 0.417 e. The molecule has 142 valence electrons. The predicted molar refractivity (Wildman–Crippen MR) is 96.7 cm³/mol. The number of carbonyl (C=O) groups excluding carboxylic acids is 2. The van der Waals surface area contributed by atoms with Gasteiger partial charge in [-0.3, -0.25) is 9.59 Å². The second-order valence-corrected chi connectivity index (χ2v) is 6.78. The van der Waals surface area contributed by atoms with E-state index in [1.807, 2.05) is 19.1 Å². The Hall–Kier alpha value is -2.54. The SMILES string of the molecule is Cc1ccccc1N1C[C@@H](C(=O)Nc2ccc(Cl)c(C(F)(F)F)c2)CC1=O. The van der Waals surface area contributed by atoms with Crippen LogP contribution in [-0.4, -0.2) is 18.4 Å². The number of anilines is 2. The minimum absolute atomic E-state index is 0.000114. The van der Waals surface area contributed by atoms with Crippen LogP contribution in [0.1, 0.15) is 17.5 Å². The molecule has 4 nitrogen and oxygen atoms in total. The van der Waals surface area contributed by atoms with E-state index in [4.69, 9.17) is 11.6 Å². The molecular formula is C19H16ClF3N2O2. The summed E-state index contributed by atoms with van der Waals surface area (Å²) in [6.45, 7) is 2.04. The van der Waals surface area contributed by atoms with Crippen LogP contribution in [0.5, 0.6) is 0 Å². The van der Waals surface area contributed by atoms with E-state index in [0.29, 0.717) is 0 Å². The fraction of sp³-hybridized carbons (Fsp3) is 0.263. The number of para-hydroxylation sites is 1. The maximum absolute atomic E-state index is 12.9. The van der Waals surface area contributed by atoms with Crippen molar-refractivity contribution in [3.05, 3.63) is 58.6 Å². The van der Waals surface area contributed by atoms with Crippen molar-refractivity contribution in [1.82, 2.24) is 0 Å². The highest BCUT2D eigenvalue weighted by Gasteiger charge is 2.36. The van der Waals surface area contributed by atoms with Gasteiger partial charge < -0.3 is 10.2 Å². The zero-order valence-corrected chi connectivity index (χ0v) is 15.1. The predicted octanol–water partition coefficient (Wildman–Crippen LogP) is 4.66. The molecule has 0 spiro atoms. The molecular weight excluding hydrogens is 381 g/mol. The maximum atomic E-state index is 12.9. The molecule has 1 atom stereocenters. The molecule has 3 rings (SSSR count).